The molecule has 0 saturated heterocycles. The average Bonchev–Trinajstić information content (AvgIpc) is 2.52. The molecular weight excluding hydrogens is 408 g/mol. The second-order valence-corrected chi connectivity index (χ2v) is 6.61. The maximum Gasteiger partial charge on any atom is 0.127 e. The number of halogens is 2. The minimum atomic E-state index is 0.644. The van der Waals surface area contributed by atoms with Crippen LogP contribution in [0.15, 0.2) is 45.3 Å². The Morgan fingerprint density at radius 2 is 1.09 bits per heavy atom. The summed E-state index contributed by atoms with van der Waals surface area (Å²) in [4.78, 5) is 0. The molecule has 0 spiro atoms. The smallest absolute Gasteiger partial charge is 0.127 e. The Labute approximate surface area is 146 Å². The standard InChI is InChI=1S/C18H16Br2O2/c1-3-21-17-7-5-15(19)11-9-12-14(10-13(11)17)18(22-4-2)8-6-16(12)20/h5-10H,3-4H2,1-2H3. The summed E-state index contributed by atoms with van der Waals surface area (Å²) in [6.07, 6.45) is 0. The van der Waals surface area contributed by atoms with Gasteiger partial charge in [-0.15, -0.1) is 0 Å². The molecule has 0 bridgehead atoms. The maximum absolute atomic E-state index is 5.78. The predicted octanol–water partition coefficient (Wildman–Crippen LogP) is 6.32. The van der Waals surface area contributed by atoms with E-state index >= 15 is 0 Å². The van der Waals surface area contributed by atoms with Gasteiger partial charge in [0.25, 0.3) is 0 Å². The number of fused-ring (bicyclic) bond motifs is 2. The molecule has 0 atom stereocenters. The van der Waals surface area contributed by atoms with Gasteiger partial charge in [-0.1, -0.05) is 31.9 Å². The molecule has 0 saturated carbocycles. The van der Waals surface area contributed by atoms with Crippen molar-refractivity contribution in [1.29, 1.82) is 0 Å². The lowest BCUT2D eigenvalue weighted by molar-refractivity contribution is 0.343. The van der Waals surface area contributed by atoms with Gasteiger partial charge in [-0.3, -0.25) is 0 Å². The molecular formula is C18H16Br2O2. The highest BCUT2D eigenvalue weighted by molar-refractivity contribution is 9.11. The molecule has 0 aromatic heterocycles. The van der Waals surface area contributed by atoms with Gasteiger partial charge in [0.15, 0.2) is 0 Å². The molecule has 3 aromatic rings. The maximum atomic E-state index is 5.78. The molecule has 0 amide bonds. The Morgan fingerprint density at radius 3 is 1.50 bits per heavy atom. The van der Waals surface area contributed by atoms with Crippen molar-refractivity contribution in [3.63, 3.8) is 0 Å². The summed E-state index contributed by atoms with van der Waals surface area (Å²) < 4.78 is 13.7. The van der Waals surface area contributed by atoms with Crippen molar-refractivity contribution in [2.75, 3.05) is 13.2 Å². The predicted molar refractivity (Wildman–Crippen MR) is 99.2 cm³/mol. The Hall–Kier alpha value is -1.26. The summed E-state index contributed by atoms with van der Waals surface area (Å²) in [5.74, 6) is 1.79. The first-order valence-corrected chi connectivity index (χ1v) is 8.84. The van der Waals surface area contributed by atoms with Crippen molar-refractivity contribution >= 4 is 53.4 Å². The summed E-state index contributed by atoms with van der Waals surface area (Å²) in [7, 11) is 0. The quantitative estimate of drug-likeness (QED) is 0.457. The van der Waals surface area contributed by atoms with E-state index in [1.54, 1.807) is 0 Å². The zero-order valence-corrected chi connectivity index (χ0v) is 15.6. The topological polar surface area (TPSA) is 18.5 Å². The summed E-state index contributed by atoms with van der Waals surface area (Å²) in [5.41, 5.74) is 0. The van der Waals surface area contributed by atoms with E-state index in [1.807, 2.05) is 38.1 Å². The van der Waals surface area contributed by atoms with E-state index < -0.39 is 0 Å². The average molecular weight is 424 g/mol. The van der Waals surface area contributed by atoms with Crippen LogP contribution in [0.4, 0.5) is 0 Å². The summed E-state index contributed by atoms with van der Waals surface area (Å²) >= 11 is 7.28. The van der Waals surface area contributed by atoms with Crippen LogP contribution in [0.25, 0.3) is 21.5 Å². The van der Waals surface area contributed by atoms with Crippen LogP contribution in [0.2, 0.25) is 0 Å². The lowest BCUT2D eigenvalue weighted by Gasteiger charge is -2.13. The van der Waals surface area contributed by atoms with E-state index in [9.17, 15) is 0 Å². The monoisotopic (exact) mass is 422 g/mol. The second kappa shape index (κ2) is 6.47. The largest absolute Gasteiger partial charge is 0.493 e. The number of hydrogen-bond donors (Lipinski definition) is 0. The minimum absolute atomic E-state index is 0.644. The van der Waals surface area contributed by atoms with Crippen molar-refractivity contribution in [1.82, 2.24) is 0 Å². The fraction of sp³-hybridized carbons (Fsp3) is 0.222. The Morgan fingerprint density at radius 1 is 0.682 bits per heavy atom. The van der Waals surface area contributed by atoms with Crippen LogP contribution in [0.5, 0.6) is 11.5 Å². The number of benzene rings is 3. The van der Waals surface area contributed by atoms with Crippen molar-refractivity contribution in [2.45, 2.75) is 13.8 Å². The zero-order valence-electron chi connectivity index (χ0n) is 12.5. The van der Waals surface area contributed by atoms with Crippen LogP contribution in [-0.2, 0) is 0 Å². The van der Waals surface area contributed by atoms with Crippen LogP contribution >= 0.6 is 31.9 Å². The molecule has 2 nitrogen and oxygen atoms in total. The molecule has 4 heteroatoms. The van der Waals surface area contributed by atoms with E-state index in [4.69, 9.17) is 9.47 Å². The minimum Gasteiger partial charge on any atom is -0.493 e. The van der Waals surface area contributed by atoms with E-state index in [-0.39, 0.29) is 0 Å². The van der Waals surface area contributed by atoms with E-state index in [1.165, 1.54) is 0 Å². The number of rotatable bonds is 4. The molecule has 0 aliphatic heterocycles. The van der Waals surface area contributed by atoms with Crippen LogP contribution in [-0.4, -0.2) is 13.2 Å². The van der Waals surface area contributed by atoms with Gasteiger partial charge in [0, 0.05) is 30.5 Å². The van der Waals surface area contributed by atoms with Crippen molar-refractivity contribution in [2.24, 2.45) is 0 Å². The van der Waals surface area contributed by atoms with Gasteiger partial charge in [0.1, 0.15) is 11.5 Å². The van der Waals surface area contributed by atoms with Crippen LogP contribution in [0, 0.1) is 0 Å². The van der Waals surface area contributed by atoms with Crippen molar-refractivity contribution < 1.29 is 9.47 Å². The third-order valence-electron chi connectivity index (χ3n) is 3.56. The molecule has 3 rings (SSSR count). The van der Waals surface area contributed by atoms with Gasteiger partial charge in [-0.2, -0.15) is 0 Å². The molecule has 0 unspecified atom stereocenters. The normalized spacial score (nSPS) is 11.1. The molecule has 0 radical (unpaired) electrons. The first-order valence-electron chi connectivity index (χ1n) is 7.25. The molecule has 0 N–H and O–H groups in total. The molecule has 0 aliphatic carbocycles. The van der Waals surface area contributed by atoms with Crippen molar-refractivity contribution in [3.8, 4) is 11.5 Å². The highest BCUT2D eigenvalue weighted by Gasteiger charge is 2.12. The second-order valence-electron chi connectivity index (χ2n) is 4.90. The molecule has 114 valence electrons. The Bertz CT molecular complexity index is 776. The zero-order chi connectivity index (χ0) is 15.7. The summed E-state index contributed by atoms with van der Waals surface area (Å²) in [6, 6.07) is 12.4. The molecule has 0 aliphatic rings. The van der Waals surface area contributed by atoms with E-state index in [0.29, 0.717) is 13.2 Å². The fourth-order valence-electron chi connectivity index (χ4n) is 2.62. The number of ether oxygens (including phenoxy) is 2. The van der Waals surface area contributed by atoms with Gasteiger partial charge in [-0.05, 0) is 50.2 Å². The highest BCUT2D eigenvalue weighted by atomic mass is 79.9. The van der Waals surface area contributed by atoms with Gasteiger partial charge in [-0.25, -0.2) is 0 Å². The molecule has 22 heavy (non-hydrogen) atoms. The SMILES string of the molecule is CCOc1ccc(Br)c2cc3c(Br)ccc(OCC)c3cc12. The van der Waals surface area contributed by atoms with E-state index in [0.717, 1.165) is 42.0 Å². The first kappa shape index (κ1) is 15.6. The lowest BCUT2D eigenvalue weighted by atomic mass is 10.0. The van der Waals surface area contributed by atoms with Crippen LogP contribution in [0.1, 0.15) is 13.8 Å². The van der Waals surface area contributed by atoms with Crippen LogP contribution < -0.4 is 9.47 Å². The lowest BCUT2D eigenvalue weighted by Crippen LogP contribution is -1.95. The first-order chi connectivity index (χ1) is 10.7. The summed E-state index contributed by atoms with van der Waals surface area (Å²) in [5, 5.41) is 4.44. The fourth-order valence-corrected chi connectivity index (χ4v) is 3.54. The summed E-state index contributed by atoms with van der Waals surface area (Å²) in [6.45, 7) is 5.28. The van der Waals surface area contributed by atoms with E-state index in [2.05, 4.69) is 44.0 Å². The van der Waals surface area contributed by atoms with Crippen LogP contribution in [0.3, 0.4) is 0 Å². The molecule has 0 heterocycles. The van der Waals surface area contributed by atoms with Crippen molar-refractivity contribution in [3.05, 3.63) is 45.3 Å². The Balaban J connectivity index is 2.40. The third kappa shape index (κ3) is 2.70. The van der Waals surface area contributed by atoms with Gasteiger partial charge in [0.2, 0.25) is 0 Å². The molecule has 0 fully saturated rings. The highest BCUT2D eigenvalue weighted by Crippen LogP contribution is 2.40. The van der Waals surface area contributed by atoms with Gasteiger partial charge < -0.3 is 9.47 Å². The van der Waals surface area contributed by atoms with Gasteiger partial charge >= 0.3 is 0 Å². The number of hydrogen-bond acceptors (Lipinski definition) is 2. The third-order valence-corrected chi connectivity index (χ3v) is 4.95. The Kier molecular flexibility index (Phi) is 4.59. The molecule has 3 aromatic carbocycles. The van der Waals surface area contributed by atoms with Gasteiger partial charge in [0.05, 0.1) is 13.2 Å².